The van der Waals surface area contributed by atoms with Crippen molar-refractivity contribution < 1.29 is 9.31 Å². The number of benzene rings is 1. The van der Waals surface area contributed by atoms with Gasteiger partial charge in [-0.1, -0.05) is 0 Å². The van der Waals surface area contributed by atoms with Gasteiger partial charge in [0.05, 0.1) is 4.92 Å². The molecule has 0 radical (unpaired) electrons. The van der Waals surface area contributed by atoms with Crippen LogP contribution in [0.3, 0.4) is 0 Å². The Hall–Kier alpha value is -1.69. The van der Waals surface area contributed by atoms with Crippen LogP contribution in [0, 0.1) is 15.9 Å². The molecular formula is C13H16FN3O2. The SMILES string of the molecule is O=[N+]([O-])c1ccc(F)cc1NC1CC2CCC(C1)N2. The highest BCUT2D eigenvalue weighted by Gasteiger charge is 2.34. The largest absolute Gasteiger partial charge is 0.377 e. The van der Waals surface area contributed by atoms with E-state index in [1.807, 2.05) is 0 Å². The molecule has 6 heteroatoms. The molecule has 2 heterocycles. The molecule has 2 atom stereocenters. The van der Waals surface area contributed by atoms with Crippen molar-refractivity contribution in [2.45, 2.75) is 43.8 Å². The van der Waals surface area contributed by atoms with Crippen molar-refractivity contribution in [1.29, 1.82) is 0 Å². The molecule has 0 spiro atoms. The fraction of sp³-hybridized carbons (Fsp3) is 0.538. The van der Waals surface area contributed by atoms with Gasteiger partial charge < -0.3 is 10.6 Å². The first-order valence-electron chi connectivity index (χ1n) is 6.58. The van der Waals surface area contributed by atoms with Gasteiger partial charge in [-0.2, -0.15) is 0 Å². The third-order valence-corrected chi connectivity index (χ3v) is 3.99. The molecule has 1 aromatic carbocycles. The van der Waals surface area contributed by atoms with Crippen molar-refractivity contribution in [3.8, 4) is 0 Å². The highest BCUT2D eigenvalue weighted by molar-refractivity contribution is 5.62. The Labute approximate surface area is 110 Å². The second-order valence-electron chi connectivity index (χ2n) is 5.37. The molecule has 5 nitrogen and oxygen atoms in total. The van der Waals surface area contributed by atoms with Crippen LogP contribution in [0.25, 0.3) is 0 Å². The molecule has 1 aromatic rings. The van der Waals surface area contributed by atoms with Crippen molar-refractivity contribution in [2.24, 2.45) is 0 Å². The van der Waals surface area contributed by atoms with Gasteiger partial charge in [0.25, 0.3) is 5.69 Å². The van der Waals surface area contributed by atoms with E-state index in [0.717, 1.165) is 31.7 Å². The third kappa shape index (κ3) is 2.53. The zero-order valence-corrected chi connectivity index (χ0v) is 10.4. The van der Waals surface area contributed by atoms with E-state index >= 15 is 0 Å². The van der Waals surface area contributed by atoms with E-state index < -0.39 is 10.7 Å². The molecule has 2 unspecified atom stereocenters. The van der Waals surface area contributed by atoms with Gasteiger partial charge in [0.1, 0.15) is 11.5 Å². The molecule has 0 amide bonds. The summed E-state index contributed by atoms with van der Waals surface area (Å²) in [6, 6.07) is 4.71. The molecule has 19 heavy (non-hydrogen) atoms. The Bertz CT molecular complexity index is 497. The number of nitro benzene ring substituents is 1. The summed E-state index contributed by atoms with van der Waals surface area (Å²) in [5.41, 5.74) is 0.226. The minimum atomic E-state index is -0.475. The molecule has 0 saturated carbocycles. The van der Waals surface area contributed by atoms with Crippen molar-refractivity contribution in [3.63, 3.8) is 0 Å². The van der Waals surface area contributed by atoms with Gasteiger partial charge in [-0.05, 0) is 31.7 Å². The standard InChI is InChI=1S/C13H16FN3O2/c14-8-1-4-13(17(18)19)12(5-8)16-11-6-9-2-3-10(7-11)15-9/h1,4-5,9-11,15-16H,2-3,6-7H2. The lowest BCUT2D eigenvalue weighted by Gasteiger charge is -2.30. The Balaban J connectivity index is 1.79. The summed E-state index contributed by atoms with van der Waals surface area (Å²) in [5.74, 6) is -0.454. The Kier molecular flexibility index (Phi) is 3.10. The number of rotatable bonds is 3. The first-order valence-corrected chi connectivity index (χ1v) is 6.58. The first-order chi connectivity index (χ1) is 9.11. The van der Waals surface area contributed by atoms with Crippen molar-refractivity contribution in [3.05, 3.63) is 34.1 Å². The topological polar surface area (TPSA) is 67.2 Å². The fourth-order valence-electron chi connectivity index (χ4n) is 3.18. The van der Waals surface area contributed by atoms with Gasteiger partial charge >= 0.3 is 0 Å². The number of piperidine rings is 1. The highest BCUT2D eigenvalue weighted by Crippen LogP contribution is 2.31. The summed E-state index contributed by atoms with van der Waals surface area (Å²) < 4.78 is 13.3. The Morgan fingerprint density at radius 3 is 2.63 bits per heavy atom. The lowest BCUT2D eigenvalue weighted by Crippen LogP contribution is -2.43. The normalized spacial score (nSPS) is 29.2. The van der Waals surface area contributed by atoms with E-state index in [2.05, 4.69) is 10.6 Å². The van der Waals surface area contributed by atoms with Crippen LogP contribution < -0.4 is 10.6 Å². The zero-order chi connectivity index (χ0) is 13.4. The monoisotopic (exact) mass is 265 g/mol. The fourth-order valence-corrected chi connectivity index (χ4v) is 3.18. The summed E-state index contributed by atoms with van der Waals surface area (Å²) in [5, 5.41) is 17.6. The molecule has 2 saturated heterocycles. The quantitative estimate of drug-likeness (QED) is 0.650. The summed E-state index contributed by atoms with van der Waals surface area (Å²) in [7, 11) is 0. The van der Waals surface area contributed by atoms with Crippen molar-refractivity contribution >= 4 is 11.4 Å². The molecule has 2 aliphatic heterocycles. The van der Waals surface area contributed by atoms with Gasteiger partial charge in [-0.3, -0.25) is 10.1 Å². The smallest absolute Gasteiger partial charge is 0.292 e. The number of anilines is 1. The van der Waals surface area contributed by atoms with Crippen LogP contribution >= 0.6 is 0 Å². The maximum atomic E-state index is 13.3. The average Bonchev–Trinajstić information content (AvgIpc) is 2.68. The van der Waals surface area contributed by atoms with E-state index in [4.69, 9.17) is 0 Å². The number of nitrogens with one attached hydrogen (secondary N) is 2. The van der Waals surface area contributed by atoms with Crippen LogP contribution in [0.15, 0.2) is 18.2 Å². The Morgan fingerprint density at radius 2 is 2.00 bits per heavy atom. The molecule has 3 rings (SSSR count). The predicted octanol–water partition coefficient (Wildman–Crippen LogP) is 2.43. The van der Waals surface area contributed by atoms with Gasteiger partial charge in [0, 0.05) is 30.3 Å². The lowest BCUT2D eigenvalue weighted by molar-refractivity contribution is -0.384. The summed E-state index contributed by atoms with van der Waals surface area (Å²) in [6.07, 6.45) is 4.19. The second kappa shape index (κ2) is 4.77. The third-order valence-electron chi connectivity index (χ3n) is 3.99. The molecule has 0 aliphatic carbocycles. The van der Waals surface area contributed by atoms with Crippen molar-refractivity contribution in [2.75, 3.05) is 5.32 Å². The molecule has 2 bridgehead atoms. The lowest BCUT2D eigenvalue weighted by atomic mass is 9.99. The van der Waals surface area contributed by atoms with Gasteiger partial charge in [-0.15, -0.1) is 0 Å². The van der Waals surface area contributed by atoms with E-state index in [9.17, 15) is 14.5 Å². The number of halogens is 1. The second-order valence-corrected chi connectivity index (χ2v) is 5.37. The average molecular weight is 265 g/mol. The van der Waals surface area contributed by atoms with Crippen LogP contribution in [0.2, 0.25) is 0 Å². The first kappa shape index (κ1) is 12.3. The van der Waals surface area contributed by atoms with E-state index in [-0.39, 0.29) is 17.4 Å². The van der Waals surface area contributed by atoms with Gasteiger partial charge in [0.15, 0.2) is 0 Å². The molecule has 2 aliphatic rings. The maximum absolute atomic E-state index is 13.3. The van der Waals surface area contributed by atoms with E-state index in [0.29, 0.717) is 12.1 Å². The predicted molar refractivity (Wildman–Crippen MR) is 69.6 cm³/mol. The summed E-state index contributed by atoms with van der Waals surface area (Å²) >= 11 is 0. The molecule has 2 fully saturated rings. The molecule has 2 N–H and O–H groups in total. The highest BCUT2D eigenvalue weighted by atomic mass is 19.1. The summed E-state index contributed by atoms with van der Waals surface area (Å²) in [6.45, 7) is 0. The number of hydrogen-bond acceptors (Lipinski definition) is 4. The van der Waals surface area contributed by atoms with Crippen molar-refractivity contribution in [1.82, 2.24) is 5.32 Å². The zero-order valence-electron chi connectivity index (χ0n) is 10.4. The van der Waals surface area contributed by atoms with Crippen LogP contribution in [0.1, 0.15) is 25.7 Å². The van der Waals surface area contributed by atoms with Crippen LogP contribution in [0.5, 0.6) is 0 Å². The molecular weight excluding hydrogens is 249 g/mol. The molecule has 102 valence electrons. The number of hydrogen-bond donors (Lipinski definition) is 2. The minimum absolute atomic E-state index is 0.0627. The number of nitro groups is 1. The van der Waals surface area contributed by atoms with E-state index in [1.54, 1.807) is 0 Å². The summed E-state index contributed by atoms with van der Waals surface area (Å²) in [4.78, 5) is 10.5. The minimum Gasteiger partial charge on any atom is -0.377 e. The number of nitrogens with zero attached hydrogens (tertiary/aromatic N) is 1. The molecule has 0 aromatic heterocycles. The maximum Gasteiger partial charge on any atom is 0.292 e. The van der Waals surface area contributed by atoms with E-state index in [1.165, 1.54) is 12.1 Å². The van der Waals surface area contributed by atoms with Crippen LogP contribution in [-0.2, 0) is 0 Å². The van der Waals surface area contributed by atoms with Crippen LogP contribution in [0.4, 0.5) is 15.8 Å². The van der Waals surface area contributed by atoms with Gasteiger partial charge in [-0.25, -0.2) is 4.39 Å². The number of fused-ring (bicyclic) bond motifs is 2. The van der Waals surface area contributed by atoms with Crippen LogP contribution in [-0.4, -0.2) is 23.0 Å². The Morgan fingerprint density at radius 1 is 1.32 bits per heavy atom. The van der Waals surface area contributed by atoms with Gasteiger partial charge in [0.2, 0.25) is 0 Å².